The summed E-state index contributed by atoms with van der Waals surface area (Å²) in [6, 6.07) is 28.6. The number of hydrogen-bond donors (Lipinski definition) is 0. The van der Waals surface area contributed by atoms with Gasteiger partial charge in [0.1, 0.15) is 32.2 Å². The van der Waals surface area contributed by atoms with E-state index in [-0.39, 0.29) is 0 Å². The minimum absolute atomic E-state index is 0.641. The van der Waals surface area contributed by atoms with E-state index in [4.69, 9.17) is 23.7 Å². The Kier molecular flexibility index (Phi) is 35.9. The number of hydrogen-bond acceptors (Lipinski definition) is 13. The number of fused-ring (bicyclic) bond motifs is 5. The number of ether oxygens (including phenoxy) is 5. The first kappa shape index (κ1) is 72.5. The fraction of sp³-hybridized carbons (Fsp3) is 0.429. The van der Waals surface area contributed by atoms with Gasteiger partial charge in [0.15, 0.2) is 23.0 Å². The van der Waals surface area contributed by atoms with Crippen molar-refractivity contribution < 1.29 is 23.7 Å². The molecule has 0 unspecified atom stereocenters. The number of rotatable bonds is 26. The van der Waals surface area contributed by atoms with Crippen LogP contribution in [0, 0.1) is 6.92 Å². The Bertz CT molecular complexity index is 3430. The molecule has 5 nitrogen and oxygen atoms in total. The molecule has 0 amide bonds. The molecule has 90 heavy (non-hydrogen) atoms. The van der Waals surface area contributed by atoms with Crippen LogP contribution in [0.4, 0.5) is 0 Å². The molecule has 0 aliphatic carbocycles. The monoisotopic (exact) mass is 1360 g/mol. The smallest absolute Gasteiger partial charge is 0.180 e. The SMILES string of the molecule is CCCCCCCCc1ccc2c(-c3scc4c3OCCO4)scc2c1.CCCCCCCCc1ccc2cscc2c1.CCCCCCCCc1ccsc1.CCCCOc1cscc1C.c1ccc2cscc2c1.c1ccsc1.c1scc2c1OCCO2. The van der Waals surface area contributed by atoms with E-state index >= 15 is 0 Å². The van der Waals surface area contributed by atoms with Crippen molar-refractivity contribution in [3.63, 3.8) is 0 Å². The normalized spacial score (nSPS) is 11.7. The van der Waals surface area contributed by atoms with E-state index in [1.165, 1.54) is 206 Å². The molecule has 0 atom stereocenters. The van der Waals surface area contributed by atoms with Crippen LogP contribution in [0.5, 0.6) is 28.7 Å². The van der Waals surface area contributed by atoms with Crippen LogP contribution in [0.3, 0.4) is 0 Å². The average molecular weight is 1360 g/mol. The first-order chi connectivity index (χ1) is 44.5. The van der Waals surface area contributed by atoms with Crippen molar-refractivity contribution in [2.75, 3.05) is 33.0 Å². The van der Waals surface area contributed by atoms with Crippen molar-refractivity contribution in [1.82, 2.24) is 0 Å². The van der Waals surface area contributed by atoms with Crippen LogP contribution < -0.4 is 23.7 Å². The van der Waals surface area contributed by atoms with E-state index in [1.807, 2.05) is 56.3 Å². The molecule has 484 valence electrons. The van der Waals surface area contributed by atoms with Gasteiger partial charge in [-0.05, 0) is 155 Å². The average Bonchev–Trinajstić information content (AvgIpc) is 2.20. The summed E-state index contributed by atoms with van der Waals surface area (Å²) in [6.07, 6.45) is 30.9. The van der Waals surface area contributed by atoms with Crippen molar-refractivity contribution in [1.29, 1.82) is 0 Å². The quantitative estimate of drug-likeness (QED) is 0.0506. The summed E-state index contributed by atoms with van der Waals surface area (Å²) in [4.78, 5) is 2.52. The zero-order valence-electron chi connectivity index (χ0n) is 54.2. The van der Waals surface area contributed by atoms with Gasteiger partial charge in [0.25, 0.3) is 0 Å². The zero-order chi connectivity index (χ0) is 62.9. The number of thiophene rings is 8. The van der Waals surface area contributed by atoms with Gasteiger partial charge in [0.05, 0.1) is 16.4 Å². The molecular formula is C77H98O5S8. The first-order valence-corrected chi connectivity index (χ1v) is 40.6. The van der Waals surface area contributed by atoms with Gasteiger partial charge in [-0.15, -0.1) is 45.3 Å². The highest BCUT2D eigenvalue weighted by Crippen LogP contribution is 2.49. The van der Waals surface area contributed by atoms with Crippen LogP contribution >= 0.6 is 90.7 Å². The molecule has 0 radical (unpaired) electrons. The highest BCUT2D eigenvalue weighted by atomic mass is 32.1. The molecule has 13 heteroatoms. The van der Waals surface area contributed by atoms with Gasteiger partial charge in [0.2, 0.25) is 0 Å². The Morgan fingerprint density at radius 3 is 1.41 bits per heavy atom. The lowest BCUT2D eigenvalue weighted by Gasteiger charge is -2.15. The predicted octanol–water partition coefficient (Wildman–Crippen LogP) is 27.2. The molecule has 0 fully saturated rings. The van der Waals surface area contributed by atoms with Crippen LogP contribution in [0.15, 0.2) is 154 Å². The molecule has 0 spiro atoms. The summed E-state index contributed by atoms with van der Waals surface area (Å²) >= 11 is 13.9. The van der Waals surface area contributed by atoms with E-state index < -0.39 is 0 Å². The minimum atomic E-state index is 0.641. The maximum atomic E-state index is 5.88. The molecule has 0 saturated carbocycles. The maximum absolute atomic E-state index is 5.88. The Morgan fingerprint density at radius 2 is 0.856 bits per heavy atom. The first-order valence-electron chi connectivity index (χ1n) is 33.2. The summed E-state index contributed by atoms with van der Waals surface area (Å²) < 4.78 is 27.6. The summed E-state index contributed by atoms with van der Waals surface area (Å²) in [7, 11) is 0. The maximum Gasteiger partial charge on any atom is 0.180 e. The van der Waals surface area contributed by atoms with Gasteiger partial charge in [-0.2, -0.15) is 45.3 Å². The summed E-state index contributed by atoms with van der Waals surface area (Å²) in [6.45, 7) is 14.6. The fourth-order valence-corrected chi connectivity index (χ4v) is 16.4. The van der Waals surface area contributed by atoms with Crippen LogP contribution in [0.2, 0.25) is 0 Å². The number of aryl methyl sites for hydroxylation is 4. The Balaban J connectivity index is 0.000000158. The molecule has 11 aromatic rings. The van der Waals surface area contributed by atoms with Crippen molar-refractivity contribution in [2.45, 2.75) is 182 Å². The summed E-state index contributed by atoms with van der Waals surface area (Å²) in [5, 5.41) is 38.0. The van der Waals surface area contributed by atoms with Gasteiger partial charge in [-0.3, -0.25) is 0 Å². The molecule has 2 aliphatic heterocycles. The van der Waals surface area contributed by atoms with Crippen molar-refractivity contribution in [2.24, 2.45) is 0 Å². The lowest BCUT2D eigenvalue weighted by molar-refractivity contribution is 0.173. The Morgan fingerprint density at radius 1 is 0.356 bits per heavy atom. The summed E-state index contributed by atoms with van der Waals surface area (Å²) in [5.41, 5.74) is 5.75. The largest absolute Gasteiger partial charge is 0.492 e. The highest BCUT2D eigenvalue weighted by Gasteiger charge is 2.22. The van der Waals surface area contributed by atoms with Gasteiger partial charge in [-0.25, -0.2) is 0 Å². The topological polar surface area (TPSA) is 46.2 Å². The van der Waals surface area contributed by atoms with Gasteiger partial charge >= 0.3 is 0 Å². The fourth-order valence-electron chi connectivity index (χ4n) is 10.1. The zero-order valence-corrected chi connectivity index (χ0v) is 60.7. The minimum Gasteiger partial charge on any atom is -0.492 e. The van der Waals surface area contributed by atoms with Crippen LogP contribution in [-0.2, 0) is 19.3 Å². The molecule has 8 aromatic heterocycles. The molecular weight excluding hydrogens is 1260 g/mol. The predicted molar refractivity (Wildman–Crippen MR) is 404 cm³/mol. The number of benzene rings is 3. The molecule has 3 aromatic carbocycles. The van der Waals surface area contributed by atoms with Gasteiger partial charge < -0.3 is 23.7 Å². The molecule has 0 bridgehead atoms. The van der Waals surface area contributed by atoms with E-state index in [0.29, 0.717) is 26.4 Å². The molecule has 2 aliphatic rings. The lowest BCUT2D eigenvalue weighted by atomic mass is 10.0. The second kappa shape index (κ2) is 44.6. The van der Waals surface area contributed by atoms with Crippen molar-refractivity contribution in [3.8, 4) is 38.5 Å². The van der Waals surface area contributed by atoms with Crippen molar-refractivity contribution >= 4 is 123 Å². The van der Waals surface area contributed by atoms with E-state index in [0.717, 1.165) is 41.8 Å². The van der Waals surface area contributed by atoms with E-state index in [9.17, 15) is 0 Å². The molecule has 0 N–H and O–H groups in total. The standard InChI is InChI=1S/C22H26O2S2.C16H22S.C12H20S.C9H14OS.C8H6S.C6H6O2S.C4H4S/c1-2-3-4-5-6-7-8-16-9-10-18-17(13-16)14-25-21(18)22-20-19(15-26-22)23-11-12-24-20;1-2-3-4-5-6-7-8-14-9-10-15-12-17-13-16(15)11-14;1-2-3-4-5-6-7-8-12-9-10-13-11-12;1-3-4-5-10-9-7-11-6-8(9)2;1-2-4-8-6-9-5-7(8)3-1;1-2-8-6-4-9-3-5(6)7-1;1-2-4-5-3-1/h9-10,13-15H,2-8,11-12H2,1H3;9-13H,2-8H2,1H3;9-11H,2-8H2,1H3;6-7H,3-5H2,1-2H3;1-6H;3-4H,1-2H2;1-4H. The lowest BCUT2D eigenvalue weighted by Crippen LogP contribution is -2.14. The van der Waals surface area contributed by atoms with Gasteiger partial charge in [-0.1, -0.05) is 203 Å². The second-order valence-electron chi connectivity index (χ2n) is 22.7. The molecule has 10 heterocycles. The highest BCUT2D eigenvalue weighted by molar-refractivity contribution is 7.22. The van der Waals surface area contributed by atoms with Crippen LogP contribution in [0.25, 0.3) is 42.1 Å². The van der Waals surface area contributed by atoms with Crippen LogP contribution in [0.1, 0.15) is 178 Å². The molecule has 13 rings (SSSR count). The molecule has 0 saturated heterocycles. The second-order valence-corrected chi connectivity index (χ2v) is 29.0. The third-order valence-corrected chi connectivity index (χ3v) is 21.9. The number of unbranched alkanes of at least 4 members (excludes halogenated alkanes) is 16. The Labute approximate surface area is 572 Å². The Hall–Kier alpha value is -4.96. The third-order valence-electron chi connectivity index (χ3n) is 15.3. The van der Waals surface area contributed by atoms with Crippen LogP contribution in [-0.4, -0.2) is 33.0 Å². The van der Waals surface area contributed by atoms with Gasteiger partial charge in [0, 0.05) is 32.5 Å². The van der Waals surface area contributed by atoms with E-state index in [2.05, 4.69) is 155 Å². The van der Waals surface area contributed by atoms with Crippen molar-refractivity contribution in [3.05, 3.63) is 176 Å². The third kappa shape index (κ3) is 26.6. The van der Waals surface area contributed by atoms with E-state index in [1.54, 1.807) is 68.0 Å². The summed E-state index contributed by atoms with van der Waals surface area (Å²) in [5.74, 6) is 4.68.